The molecule has 1 aromatic heterocycles. The molecule has 2 aliphatic rings. The summed E-state index contributed by atoms with van der Waals surface area (Å²) in [6.45, 7) is 3.06. The van der Waals surface area contributed by atoms with E-state index in [1.165, 1.54) is 10.6 Å². The third-order valence-electron chi connectivity index (χ3n) is 5.85. The quantitative estimate of drug-likeness (QED) is 0.846. The molecule has 146 valence electrons. The average Bonchev–Trinajstić information content (AvgIpc) is 3.10. The van der Waals surface area contributed by atoms with Gasteiger partial charge >= 0.3 is 0 Å². The van der Waals surface area contributed by atoms with Crippen LogP contribution in [0, 0.1) is 5.92 Å². The third kappa shape index (κ3) is 3.94. The Hall–Kier alpha value is -1.74. The molecule has 1 aromatic carbocycles. The zero-order chi connectivity index (χ0) is 19.1. The monoisotopic (exact) mass is 390 g/mol. The van der Waals surface area contributed by atoms with Gasteiger partial charge in [-0.3, -0.25) is 4.90 Å². The molecule has 4 rings (SSSR count). The van der Waals surface area contributed by atoms with Crippen LogP contribution >= 0.6 is 0 Å². The lowest BCUT2D eigenvalue weighted by Crippen LogP contribution is -2.60. The molecule has 3 heterocycles. The Morgan fingerprint density at radius 2 is 1.93 bits per heavy atom. The van der Waals surface area contributed by atoms with Gasteiger partial charge in [-0.25, -0.2) is 17.4 Å². The van der Waals surface area contributed by atoms with Crippen LogP contribution in [0.15, 0.2) is 42.7 Å². The molecule has 27 heavy (non-hydrogen) atoms. The van der Waals surface area contributed by atoms with Crippen molar-refractivity contribution in [3.05, 3.63) is 48.3 Å². The predicted octanol–water partition coefficient (Wildman–Crippen LogP) is 1.09. The number of hydrogen-bond acceptors (Lipinski definition) is 5. The lowest BCUT2D eigenvalue weighted by Gasteiger charge is -2.49. The smallest absolute Gasteiger partial charge is 0.211 e. The molecule has 1 N–H and O–H groups in total. The van der Waals surface area contributed by atoms with E-state index in [1.807, 2.05) is 47.4 Å². The first-order valence-electron chi connectivity index (χ1n) is 9.32. The fourth-order valence-electron chi connectivity index (χ4n) is 4.21. The van der Waals surface area contributed by atoms with Crippen LogP contribution in [0.25, 0.3) is 5.69 Å². The van der Waals surface area contributed by atoms with Crippen molar-refractivity contribution < 1.29 is 13.5 Å². The van der Waals surface area contributed by atoms with E-state index in [0.717, 1.165) is 24.3 Å². The molecule has 7 nitrogen and oxygen atoms in total. The molecule has 0 aliphatic carbocycles. The molecule has 8 heteroatoms. The fourth-order valence-corrected chi connectivity index (χ4v) is 5.08. The van der Waals surface area contributed by atoms with Gasteiger partial charge in [0.15, 0.2) is 0 Å². The molecule has 2 saturated heterocycles. The SMILES string of the molecule is CS(=O)(=O)N1CC[C@@]2(O)CCN(Cc3cnn(-c4ccccc4)c3)C[C@H]2C1. The van der Waals surface area contributed by atoms with Gasteiger partial charge in [0.05, 0.1) is 23.7 Å². The van der Waals surface area contributed by atoms with E-state index in [2.05, 4.69) is 10.00 Å². The van der Waals surface area contributed by atoms with Gasteiger partial charge in [0, 0.05) is 50.4 Å². The van der Waals surface area contributed by atoms with Crippen molar-refractivity contribution in [1.29, 1.82) is 0 Å². The molecule has 2 fully saturated rings. The fraction of sp³-hybridized carbons (Fsp3) is 0.526. The first-order valence-corrected chi connectivity index (χ1v) is 11.2. The highest BCUT2D eigenvalue weighted by Crippen LogP contribution is 2.36. The maximum atomic E-state index is 11.9. The average molecular weight is 391 g/mol. The second-order valence-corrected chi connectivity index (χ2v) is 9.77. The molecule has 0 spiro atoms. The van der Waals surface area contributed by atoms with Crippen LogP contribution in [0.4, 0.5) is 0 Å². The van der Waals surface area contributed by atoms with Crippen LogP contribution < -0.4 is 0 Å². The standard InChI is InChI=1S/C19H26N4O3S/c1-27(25,26)22-10-8-19(24)7-9-21(14-17(19)15-22)12-16-11-20-23(13-16)18-5-3-2-4-6-18/h2-6,11,13,17,24H,7-10,12,14-15H2,1H3/t17-,19-/m0/s1. The maximum absolute atomic E-state index is 11.9. The summed E-state index contributed by atoms with van der Waals surface area (Å²) in [4.78, 5) is 2.29. The molecule has 0 unspecified atom stereocenters. The summed E-state index contributed by atoms with van der Waals surface area (Å²) in [5.41, 5.74) is 1.39. The highest BCUT2D eigenvalue weighted by atomic mass is 32.2. The van der Waals surface area contributed by atoms with Gasteiger partial charge in [-0.1, -0.05) is 18.2 Å². The summed E-state index contributed by atoms with van der Waals surface area (Å²) >= 11 is 0. The normalized spacial score (nSPS) is 27.4. The minimum atomic E-state index is -3.22. The molecule has 0 radical (unpaired) electrons. The van der Waals surface area contributed by atoms with Crippen LogP contribution in [0.3, 0.4) is 0 Å². The van der Waals surface area contributed by atoms with Crippen molar-refractivity contribution in [3.63, 3.8) is 0 Å². The number of sulfonamides is 1. The molecule has 2 atom stereocenters. The molecular formula is C19H26N4O3S. The zero-order valence-corrected chi connectivity index (χ0v) is 16.3. The van der Waals surface area contributed by atoms with E-state index in [-0.39, 0.29) is 5.92 Å². The first-order chi connectivity index (χ1) is 12.8. The van der Waals surface area contributed by atoms with Crippen LogP contribution in [0.1, 0.15) is 18.4 Å². The number of piperidine rings is 2. The Bertz CT molecular complexity index is 899. The van der Waals surface area contributed by atoms with E-state index in [4.69, 9.17) is 0 Å². The lowest BCUT2D eigenvalue weighted by atomic mass is 9.76. The Kier molecular flexibility index (Phi) is 4.84. The molecule has 0 saturated carbocycles. The summed E-state index contributed by atoms with van der Waals surface area (Å²) in [6.07, 6.45) is 6.35. The van der Waals surface area contributed by atoms with Crippen molar-refractivity contribution in [3.8, 4) is 5.69 Å². The Labute approximate surface area is 160 Å². The summed E-state index contributed by atoms with van der Waals surface area (Å²) in [7, 11) is -3.22. The molecule has 0 bridgehead atoms. The van der Waals surface area contributed by atoms with E-state index >= 15 is 0 Å². The number of hydrogen-bond donors (Lipinski definition) is 1. The van der Waals surface area contributed by atoms with E-state index in [0.29, 0.717) is 32.5 Å². The van der Waals surface area contributed by atoms with Gasteiger partial charge in [0.2, 0.25) is 10.0 Å². The maximum Gasteiger partial charge on any atom is 0.211 e. The van der Waals surface area contributed by atoms with E-state index in [9.17, 15) is 13.5 Å². The lowest BCUT2D eigenvalue weighted by molar-refractivity contribution is -0.103. The number of rotatable bonds is 4. The number of fused-ring (bicyclic) bond motifs is 1. The van der Waals surface area contributed by atoms with Gasteiger partial charge in [-0.2, -0.15) is 5.10 Å². The molecular weight excluding hydrogens is 364 g/mol. The summed E-state index contributed by atoms with van der Waals surface area (Å²) in [5, 5.41) is 15.4. The second-order valence-electron chi connectivity index (χ2n) is 7.79. The molecule has 2 aliphatic heterocycles. The van der Waals surface area contributed by atoms with Crippen LogP contribution in [-0.2, 0) is 16.6 Å². The summed E-state index contributed by atoms with van der Waals surface area (Å²) in [5.74, 6) is -0.0566. The van der Waals surface area contributed by atoms with E-state index in [1.54, 1.807) is 0 Å². The largest absolute Gasteiger partial charge is 0.389 e. The number of nitrogens with zero attached hydrogens (tertiary/aromatic N) is 4. The topological polar surface area (TPSA) is 78.7 Å². The van der Waals surface area contributed by atoms with Crippen molar-refractivity contribution >= 4 is 10.0 Å². The van der Waals surface area contributed by atoms with Crippen molar-refractivity contribution in [2.45, 2.75) is 25.0 Å². The van der Waals surface area contributed by atoms with Crippen LogP contribution in [0.5, 0.6) is 0 Å². The zero-order valence-electron chi connectivity index (χ0n) is 15.5. The second kappa shape index (κ2) is 7.01. The predicted molar refractivity (Wildman–Crippen MR) is 103 cm³/mol. The van der Waals surface area contributed by atoms with Crippen LogP contribution in [-0.4, -0.2) is 70.5 Å². The van der Waals surface area contributed by atoms with Gasteiger partial charge in [0.25, 0.3) is 0 Å². The van der Waals surface area contributed by atoms with E-state index < -0.39 is 15.6 Å². The number of benzene rings is 1. The first kappa shape index (κ1) is 18.6. The number of aliphatic hydroxyl groups is 1. The number of aromatic nitrogens is 2. The third-order valence-corrected chi connectivity index (χ3v) is 7.12. The van der Waals surface area contributed by atoms with Gasteiger partial charge in [-0.15, -0.1) is 0 Å². The van der Waals surface area contributed by atoms with Crippen LogP contribution in [0.2, 0.25) is 0 Å². The van der Waals surface area contributed by atoms with Crippen molar-refractivity contribution in [2.75, 3.05) is 32.4 Å². The Morgan fingerprint density at radius 3 is 2.67 bits per heavy atom. The summed E-state index contributed by atoms with van der Waals surface area (Å²) < 4.78 is 27.2. The van der Waals surface area contributed by atoms with Gasteiger partial charge < -0.3 is 5.11 Å². The minimum Gasteiger partial charge on any atom is -0.389 e. The highest BCUT2D eigenvalue weighted by molar-refractivity contribution is 7.88. The van der Waals surface area contributed by atoms with Gasteiger partial charge in [0.1, 0.15) is 0 Å². The Balaban J connectivity index is 1.43. The summed E-state index contributed by atoms with van der Waals surface area (Å²) in [6, 6.07) is 9.98. The highest BCUT2D eigenvalue weighted by Gasteiger charge is 2.46. The van der Waals surface area contributed by atoms with Crippen molar-refractivity contribution in [2.24, 2.45) is 5.92 Å². The Morgan fingerprint density at radius 1 is 1.19 bits per heavy atom. The van der Waals surface area contributed by atoms with Gasteiger partial charge in [-0.05, 0) is 25.0 Å². The minimum absolute atomic E-state index is 0.0566. The molecule has 0 amide bonds. The number of likely N-dealkylation sites (tertiary alicyclic amines) is 1. The molecule has 2 aromatic rings. The number of para-hydroxylation sites is 1. The van der Waals surface area contributed by atoms with Crippen molar-refractivity contribution in [1.82, 2.24) is 19.0 Å².